The van der Waals surface area contributed by atoms with Crippen LogP contribution in [0.15, 0.2) is 0 Å². The standard InChI is InChI=1S/C4H3F5O3.5C3H8O3/c5-3(6,7)4(8,9)12-1-2(10)11;5*4-1-3(6)2-5/h1H2,(H,10,11);5*3-6H,1-2H2. The van der Waals surface area contributed by atoms with Crippen molar-refractivity contribution in [2.75, 3.05) is 72.7 Å². The monoisotopic (exact) mass is 654 g/mol. The van der Waals surface area contributed by atoms with Crippen molar-refractivity contribution >= 4 is 5.97 Å². The molecule has 0 heterocycles. The fourth-order valence-electron chi connectivity index (χ4n) is 0.523. The third-order valence-electron chi connectivity index (χ3n) is 2.81. The molecule has 0 radical (unpaired) electrons. The number of aliphatic carboxylic acids is 1. The van der Waals surface area contributed by atoms with Crippen molar-refractivity contribution in [1.82, 2.24) is 0 Å². The smallest absolute Gasteiger partial charge is 0.480 e. The van der Waals surface area contributed by atoms with Crippen LogP contribution in [0.5, 0.6) is 0 Å². The van der Waals surface area contributed by atoms with E-state index in [1.165, 1.54) is 0 Å². The lowest BCUT2D eigenvalue weighted by Gasteiger charge is -2.17. The summed E-state index contributed by atoms with van der Waals surface area (Å²) >= 11 is 0. The molecule has 0 aliphatic carbocycles. The van der Waals surface area contributed by atoms with Gasteiger partial charge in [0, 0.05) is 0 Å². The molecule has 262 valence electrons. The number of rotatable bonds is 13. The minimum atomic E-state index is -5.89. The second-order valence-corrected chi connectivity index (χ2v) is 6.79. The van der Waals surface area contributed by atoms with Crippen LogP contribution >= 0.6 is 0 Å². The van der Waals surface area contributed by atoms with Crippen LogP contribution in [-0.4, -0.2) is 203 Å². The van der Waals surface area contributed by atoms with Gasteiger partial charge in [-0.2, -0.15) is 22.0 Å². The molecule has 0 saturated heterocycles. The van der Waals surface area contributed by atoms with Gasteiger partial charge in [0.1, 0.15) is 30.5 Å². The van der Waals surface area contributed by atoms with Crippen LogP contribution in [0.2, 0.25) is 0 Å². The first-order chi connectivity index (χ1) is 19.2. The van der Waals surface area contributed by atoms with Gasteiger partial charge in [-0.05, 0) is 0 Å². The molecule has 18 nitrogen and oxygen atoms in total. The largest absolute Gasteiger partial charge is 0.482 e. The highest BCUT2D eigenvalue weighted by atomic mass is 19.4. The summed E-state index contributed by atoms with van der Waals surface area (Å²) in [6.07, 6.45) is -16.1. The van der Waals surface area contributed by atoms with Crippen molar-refractivity contribution in [3.8, 4) is 0 Å². The Hall–Kier alpha value is -1.52. The third kappa shape index (κ3) is 48.2. The number of aliphatic hydroxyl groups excluding tert-OH is 15. The summed E-state index contributed by atoms with van der Waals surface area (Å²) in [5.41, 5.74) is 0. The van der Waals surface area contributed by atoms with E-state index in [4.69, 9.17) is 81.7 Å². The maximum atomic E-state index is 11.7. The first kappa shape index (κ1) is 53.1. The van der Waals surface area contributed by atoms with Gasteiger partial charge in [0.2, 0.25) is 0 Å². The normalized spacial score (nSPS) is 10.9. The topological polar surface area (TPSA) is 350 Å². The molecule has 0 amide bonds. The molecule has 0 unspecified atom stereocenters. The van der Waals surface area contributed by atoms with Crippen LogP contribution in [0.1, 0.15) is 0 Å². The summed E-state index contributed by atoms with van der Waals surface area (Å²) in [6.45, 7) is -5.35. The number of aliphatic hydroxyl groups is 15. The minimum Gasteiger partial charge on any atom is -0.480 e. The maximum Gasteiger partial charge on any atom is 0.482 e. The zero-order valence-electron chi connectivity index (χ0n) is 22.0. The van der Waals surface area contributed by atoms with Crippen LogP contribution in [0, 0.1) is 0 Å². The molecule has 0 aromatic rings. The number of halogens is 5. The fourth-order valence-corrected chi connectivity index (χ4v) is 0.523. The number of carboxylic acid groups (broad SMARTS) is 1. The van der Waals surface area contributed by atoms with Crippen molar-refractivity contribution in [1.29, 1.82) is 0 Å². The molecule has 0 aliphatic rings. The van der Waals surface area contributed by atoms with Crippen LogP contribution < -0.4 is 0 Å². The molecule has 0 aliphatic heterocycles. The Balaban J connectivity index is -0.0000000955. The van der Waals surface area contributed by atoms with E-state index in [9.17, 15) is 26.7 Å². The van der Waals surface area contributed by atoms with Gasteiger partial charge in [0.05, 0.1) is 66.1 Å². The second kappa shape index (κ2) is 35.7. The Morgan fingerprint density at radius 3 is 0.714 bits per heavy atom. The molecule has 0 rings (SSSR count). The predicted octanol–water partition coefficient (Wildman–Crippen LogP) is -7.10. The van der Waals surface area contributed by atoms with Gasteiger partial charge in [-0.25, -0.2) is 4.79 Å². The van der Waals surface area contributed by atoms with Gasteiger partial charge in [0.15, 0.2) is 6.61 Å². The summed E-state index contributed by atoms with van der Waals surface area (Å²) < 4.78 is 59.8. The summed E-state index contributed by atoms with van der Waals surface area (Å²) in [5.74, 6) is -1.90. The highest BCUT2D eigenvalue weighted by molar-refractivity contribution is 5.68. The van der Waals surface area contributed by atoms with Crippen LogP contribution in [-0.2, 0) is 9.53 Å². The van der Waals surface area contributed by atoms with E-state index in [0.717, 1.165) is 0 Å². The third-order valence-corrected chi connectivity index (χ3v) is 2.81. The van der Waals surface area contributed by atoms with Crippen molar-refractivity contribution in [3.05, 3.63) is 0 Å². The van der Waals surface area contributed by atoms with Crippen LogP contribution in [0.4, 0.5) is 22.0 Å². The summed E-state index contributed by atoms with van der Waals surface area (Å²) in [6, 6.07) is 0. The first-order valence-corrected chi connectivity index (χ1v) is 11.0. The Morgan fingerprint density at radius 1 is 0.476 bits per heavy atom. The van der Waals surface area contributed by atoms with Crippen molar-refractivity contribution in [3.63, 3.8) is 0 Å². The van der Waals surface area contributed by atoms with Gasteiger partial charge in [0.25, 0.3) is 0 Å². The molecule has 16 N–H and O–H groups in total. The number of ether oxygens (including phenoxy) is 1. The molecule has 0 aromatic heterocycles. The van der Waals surface area contributed by atoms with E-state index in [2.05, 4.69) is 4.74 Å². The Kier molecular flexibility index (Phi) is 45.1. The summed E-state index contributed by atoms with van der Waals surface area (Å²) in [7, 11) is 0. The zero-order chi connectivity index (χ0) is 34.9. The number of carbonyl (C=O) groups is 1. The molecule has 42 heavy (non-hydrogen) atoms. The number of alkyl halides is 5. The molecule has 0 fully saturated rings. The molecular formula is C19H43F5O18. The lowest BCUT2D eigenvalue weighted by Crippen LogP contribution is -2.40. The zero-order valence-corrected chi connectivity index (χ0v) is 22.0. The van der Waals surface area contributed by atoms with Gasteiger partial charge < -0.3 is 86.4 Å². The lowest BCUT2D eigenvalue weighted by atomic mass is 10.4. The number of hydrogen-bond donors (Lipinski definition) is 16. The Labute approximate surface area is 235 Å². The summed E-state index contributed by atoms with van der Waals surface area (Å²) in [4.78, 5) is 9.55. The molecule has 0 saturated carbocycles. The molecule has 0 spiro atoms. The highest BCUT2D eigenvalue weighted by Crippen LogP contribution is 2.35. The van der Waals surface area contributed by atoms with Crippen LogP contribution in [0.25, 0.3) is 0 Å². The minimum absolute atomic E-state index is 0.365. The average Bonchev–Trinajstić information content (AvgIpc) is 2.98. The SMILES string of the molecule is O=C(O)COC(F)(F)C(F)(F)F.OCC(O)CO.OCC(O)CO.OCC(O)CO.OCC(O)CO.OCC(O)CO. The van der Waals surface area contributed by atoms with E-state index < -0.39 is 55.4 Å². The number of carboxylic acids is 1. The first-order valence-electron chi connectivity index (χ1n) is 11.0. The van der Waals surface area contributed by atoms with Crippen molar-refractivity contribution in [2.24, 2.45) is 0 Å². The van der Waals surface area contributed by atoms with Gasteiger partial charge >= 0.3 is 18.3 Å². The van der Waals surface area contributed by atoms with E-state index in [1.807, 2.05) is 0 Å². The summed E-state index contributed by atoms with van der Waals surface area (Å²) in [5, 5.41) is 128. The Bertz CT molecular complexity index is 458. The molecular weight excluding hydrogens is 611 g/mol. The second-order valence-electron chi connectivity index (χ2n) is 6.79. The highest BCUT2D eigenvalue weighted by Gasteiger charge is 2.59. The molecule has 0 bridgehead atoms. The average molecular weight is 655 g/mol. The van der Waals surface area contributed by atoms with Crippen LogP contribution in [0.3, 0.4) is 0 Å². The van der Waals surface area contributed by atoms with Crippen molar-refractivity contribution < 1.29 is 113 Å². The van der Waals surface area contributed by atoms with Gasteiger partial charge in [-0.3, -0.25) is 0 Å². The predicted molar refractivity (Wildman–Crippen MR) is 125 cm³/mol. The van der Waals surface area contributed by atoms with Crippen molar-refractivity contribution in [2.45, 2.75) is 42.8 Å². The fraction of sp³-hybridized carbons (Fsp3) is 0.947. The number of hydrogen-bond acceptors (Lipinski definition) is 17. The van der Waals surface area contributed by atoms with Gasteiger partial charge in [-0.1, -0.05) is 0 Å². The molecule has 0 aromatic carbocycles. The molecule has 23 heteroatoms. The van der Waals surface area contributed by atoms with E-state index in [0.29, 0.717) is 0 Å². The van der Waals surface area contributed by atoms with E-state index in [-0.39, 0.29) is 66.1 Å². The van der Waals surface area contributed by atoms with E-state index >= 15 is 0 Å². The maximum absolute atomic E-state index is 11.7. The van der Waals surface area contributed by atoms with Gasteiger partial charge in [-0.15, -0.1) is 0 Å². The lowest BCUT2D eigenvalue weighted by molar-refractivity contribution is -0.389. The Morgan fingerprint density at radius 2 is 0.643 bits per heavy atom. The quantitative estimate of drug-likeness (QED) is 0.0820. The molecule has 0 atom stereocenters. The van der Waals surface area contributed by atoms with E-state index in [1.54, 1.807) is 0 Å².